The fraction of sp³-hybridized carbons (Fsp3) is 0.714. The molecule has 1 aromatic heterocycles. The maximum absolute atomic E-state index is 4.70. The van der Waals surface area contributed by atoms with Crippen LogP contribution in [0, 0.1) is 13.8 Å². The molecule has 3 nitrogen and oxygen atoms in total. The van der Waals surface area contributed by atoms with E-state index in [0.717, 1.165) is 18.4 Å². The number of aromatic nitrogens is 2. The van der Waals surface area contributed by atoms with Crippen molar-refractivity contribution in [3.63, 3.8) is 0 Å². The van der Waals surface area contributed by atoms with Gasteiger partial charge >= 0.3 is 0 Å². The van der Waals surface area contributed by atoms with Gasteiger partial charge in [-0.05, 0) is 39.5 Å². The van der Waals surface area contributed by atoms with Gasteiger partial charge in [-0.3, -0.25) is 0 Å². The van der Waals surface area contributed by atoms with Gasteiger partial charge in [-0.25, -0.2) is 9.97 Å². The van der Waals surface area contributed by atoms with Gasteiger partial charge in [0, 0.05) is 35.5 Å². The summed E-state index contributed by atoms with van der Waals surface area (Å²) in [5.41, 5.74) is 3.65. The van der Waals surface area contributed by atoms with Gasteiger partial charge in [-0.1, -0.05) is 6.42 Å². The fourth-order valence-electron chi connectivity index (χ4n) is 2.40. The highest BCUT2D eigenvalue weighted by molar-refractivity contribution is 5.25. The molecule has 0 aromatic carbocycles. The Balaban J connectivity index is 1.77. The van der Waals surface area contributed by atoms with Gasteiger partial charge in [0.05, 0.1) is 0 Å². The summed E-state index contributed by atoms with van der Waals surface area (Å²) in [5, 5.41) is 3.55. The van der Waals surface area contributed by atoms with E-state index in [1.807, 2.05) is 0 Å². The first-order valence-corrected chi connectivity index (χ1v) is 6.81. The minimum Gasteiger partial charge on any atom is -0.310 e. The zero-order valence-corrected chi connectivity index (χ0v) is 10.8. The number of aryl methyl sites for hydroxylation is 2. The molecule has 1 aromatic rings. The molecule has 3 rings (SSSR count). The summed E-state index contributed by atoms with van der Waals surface area (Å²) in [6, 6.07) is 0.750. The molecule has 1 N–H and O–H groups in total. The number of hydrogen-bond donors (Lipinski definition) is 1. The van der Waals surface area contributed by atoms with Crippen LogP contribution in [0.15, 0.2) is 0 Å². The Morgan fingerprint density at radius 2 is 1.71 bits per heavy atom. The zero-order valence-electron chi connectivity index (χ0n) is 10.8. The van der Waals surface area contributed by atoms with E-state index < -0.39 is 0 Å². The summed E-state index contributed by atoms with van der Waals surface area (Å²) in [5.74, 6) is 1.72. The summed E-state index contributed by atoms with van der Waals surface area (Å²) in [6.45, 7) is 5.19. The van der Waals surface area contributed by atoms with Gasteiger partial charge < -0.3 is 5.32 Å². The van der Waals surface area contributed by atoms with Crippen molar-refractivity contribution in [2.45, 2.75) is 64.5 Å². The molecule has 0 bridgehead atoms. The first-order valence-electron chi connectivity index (χ1n) is 6.81. The van der Waals surface area contributed by atoms with Crippen LogP contribution in [0.25, 0.3) is 0 Å². The largest absolute Gasteiger partial charge is 0.310 e. The van der Waals surface area contributed by atoms with Crippen molar-refractivity contribution >= 4 is 0 Å². The summed E-state index contributed by atoms with van der Waals surface area (Å²) < 4.78 is 0. The Bertz CT molecular complexity index is 396. The highest BCUT2D eigenvalue weighted by atomic mass is 15.0. The zero-order chi connectivity index (χ0) is 11.8. The lowest BCUT2D eigenvalue weighted by atomic mass is 9.84. The molecule has 92 valence electrons. The number of hydrogen-bond acceptors (Lipinski definition) is 3. The van der Waals surface area contributed by atoms with Crippen molar-refractivity contribution in [3.05, 3.63) is 22.8 Å². The van der Waals surface area contributed by atoms with E-state index in [4.69, 9.17) is 9.97 Å². The van der Waals surface area contributed by atoms with Crippen LogP contribution in [-0.4, -0.2) is 16.0 Å². The predicted octanol–water partition coefficient (Wildman–Crippen LogP) is 2.61. The van der Waals surface area contributed by atoms with Crippen LogP contribution >= 0.6 is 0 Å². The molecule has 0 spiro atoms. The second kappa shape index (κ2) is 4.37. The van der Waals surface area contributed by atoms with Crippen LogP contribution in [0.3, 0.4) is 0 Å². The minimum atomic E-state index is 0.637. The van der Waals surface area contributed by atoms with Crippen LogP contribution in [0.2, 0.25) is 0 Å². The molecule has 2 saturated carbocycles. The maximum Gasteiger partial charge on any atom is 0.131 e. The van der Waals surface area contributed by atoms with Crippen molar-refractivity contribution in [1.82, 2.24) is 15.3 Å². The third-order valence-corrected chi connectivity index (χ3v) is 4.05. The maximum atomic E-state index is 4.70. The summed E-state index contributed by atoms with van der Waals surface area (Å²) in [6.07, 6.45) is 6.56. The highest BCUT2D eigenvalue weighted by Crippen LogP contribution is 2.34. The van der Waals surface area contributed by atoms with Crippen molar-refractivity contribution in [3.8, 4) is 0 Å². The fourth-order valence-corrected chi connectivity index (χ4v) is 2.40. The monoisotopic (exact) mass is 231 g/mol. The van der Waals surface area contributed by atoms with Crippen molar-refractivity contribution in [1.29, 1.82) is 0 Å². The van der Waals surface area contributed by atoms with Crippen LogP contribution in [0.5, 0.6) is 0 Å². The van der Waals surface area contributed by atoms with Gasteiger partial charge in [0.25, 0.3) is 0 Å². The first-order chi connectivity index (χ1) is 8.24. The van der Waals surface area contributed by atoms with Crippen LogP contribution in [0.1, 0.15) is 60.8 Å². The second-order valence-electron chi connectivity index (χ2n) is 5.51. The molecule has 0 saturated heterocycles. The third-order valence-electron chi connectivity index (χ3n) is 4.05. The summed E-state index contributed by atoms with van der Waals surface area (Å²) in [4.78, 5) is 9.41. The van der Waals surface area contributed by atoms with E-state index in [1.54, 1.807) is 0 Å². The Morgan fingerprint density at radius 1 is 1.06 bits per heavy atom. The quantitative estimate of drug-likeness (QED) is 0.865. The van der Waals surface area contributed by atoms with Crippen LogP contribution in [-0.2, 0) is 6.54 Å². The van der Waals surface area contributed by atoms with Crippen LogP contribution < -0.4 is 5.32 Å². The molecule has 0 aliphatic heterocycles. The Hall–Kier alpha value is -0.960. The van der Waals surface area contributed by atoms with Gasteiger partial charge in [0.1, 0.15) is 5.82 Å². The minimum absolute atomic E-state index is 0.637. The summed E-state index contributed by atoms with van der Waals surface area (Å²) in [7, 11) is 0. The Labute approximate surface area is 103 Å². The number of nitrogens with zero attached hydrogens (tertiary/aromatic N) is 2. The molecule has 3 heteroatoms. The highest BCUT2D eigenvalue weighted by Gasteiger charge is 2.24. The SMILES string of the molecule is Cc1nc(C2CCC2)nc(C)c1CNC1CC1. The van der Waals surface area contributed by atoms with E-state index in [0.29, 0.717) is 5.92 Å². The molecule has 0 amide bonds. The molecule has 0 atom stereocenters. The van der Waals surface area contributed by atoms with Crippen molar-refractivity contribution in [2.75, 3.05) is 0 Å². The number of nitrogens with one attached hydrogen (secondary N) is 1. The lowest BCUT2D eigenvalue weighted by molar-refractivity contribution is 0.399. The topological polar surface area (TPSA) is 37.8 Å². The molecule has 2 fully saturated rings. The predicted molar refractivity (Wildman–Crippen MR) is 68.0 cm³/mol. The Kier molecular flexibility index (Phi) is 2.87. The molecule has 1 heterocycles. The van der Waals surface area contributed by atoms with E-state index in [2.05, 4.69) is 19.2 Å². The van der Waals surface area contributed by atoms with E-state index in [1.165, 1.54) is 49.1 Å². The average molecular weight is 231 g/mol. The third kappa shape index (κ3) is 2.34. The van der Waals surface area contributed by atoms with E-state index in [-0.39, 0.29) is 0 Å². The first kappa shape index (κ1) is 11.1. The lowest BCUT2D eigenvalue weighted by Gasteiger charge is -2.25. The molecular formula is C14H21N3. The average Bonchev–Trinajstić information content (AvgIpc) is 2.97. The molecule has 0 unspecified atom stereocenters. The van der Waals surface area contributed by atoms with E-state index in [9.17, 15) is 0 Å². The lowest BCUT2D eigenvalue weighted by Crippen LogP contribution is -2.20. The van der Waals surface area contributed by atoms with Gasteiger partial charge in [-0.15, -0.1) is 0 Å². The molecule has 2 aliphatic carbocycles. The molecule has 0 radical (unpaired) electrons. The second-order valence-corrected chi connectivity index (χ2v) is 5.51. The number of rotatable bonds is 4. The van der Waals surface area contributed by atoms with Crippen molar-refractivity contribution in [2.24, 2.45) is 0 Å². The molecule has 17 heavy (non-hydrogen) atoms. The van der Waals surface area contributed by atoms with Gasteiger partial charge in [-0.2, -0.15) is 0 Å². The normalized spacial score (nSPS) is 20.4. The Morgan fingerprint density at radius 3 is 2.18 bits per heavy atom. The van der Waals surface area contributed by atoms with Crippen LogP contribution in [0.4, 0.5) is 0 Å². The molecular weight excluding hydrogens is 210 g/mol. The molecule has 2 aliphatic rings. The van der Waals surface area contributed by atoms with Gasteiger partial charge in [0.2, 0.25) is 0 Å². The summed E-state index contributed by atoms with van der Waals surface area (Å²) >= 11 is 0. The smallest absolute Gasteiger partial charge is 0.131 e. The standard InChI is InChI=1S/C14H21N3/c1-9-13(8-15-12-6-7-12)10(2)17-14(16-9)11-4-3-5-11/h11-12,15H,3-8H2,1-2H3. The van der Waals surface area contributed by atoms with E-state index >= 15 is 0 Å². The van der Waals surface area contributed by atoms with Gasteiger partial charge in [0.15, 0.2) is 0 Å². The van der Waals surface area contributed by atoms with Crippen molar-refractivity contribution < 1.29 is 0 Å².